The van der Waals surface area contributed by atoms with Gasteiger partial charge < -0.3 is 4.74 Å². The van der Waals surface area contributed by atoms with E-state index in [0.29, 0.717) is 23.0 Å². The third kappa shape index (κ3) is 2.96. The van der Waals surface area contributed by atoms with Crippen molar-refractivity contribution in [3.8, 4) is 5.82 Å². The number of hydrogen-bond donors (Lipinski definition) is 0. The molecule has 0 amide bonds. The molecule has 0 unspecified atom stereocenters. The zero-order chi connectivity index (χ0) is 13.8. The molecule has 2 aromatic heterocycles. The summed E-state index contributed by atoms with van der Waals surface area (Å²) in [7, 11) is 1.32. The Bertz CT molecular complexity index is 600. The number of halogens is 2. The van der Waals surface area contributed by atoms with E-state index >= 15 is 0 Å². The Kier molecular flexibility index (Phi) is 4.55. The van der Waals surface area contributed by atoms with E-state index in [1.807, 2.05) is 0 Å². The molecule has 2 heterocycles. The first kappa shape index (κ1) is 14.0. The SMILES string of the molecule is COC(=O)c1cc(CCBr)nn1-c1ncccc1Cl. The molecule has 100 valence electrons. The zero-order valence-corrected chi connectivity index (χ0v) is 12.5. The molecule has 0 saturated carbocycles. The monoisotopic (exact) mass is 343 g/mol. The fourth-order valence-corrected chi connectivity index (χ4v) is 2.20. The molecule has 0 aliphatic rings. The second-order valence-corrected chi connectivity index (χ2v) is 4.87. The topological polar surface area (TPSA) is 57.0 Å². The van der Waals surface area contributed by atoms with Gasteiger partial charge in [-0.15, -0.1) is 0 Å². The average molecular weight is 345 g/mol. The Hall–Kier alpha value is -1.40. The van der Waals surface area contributed by atoms with Crippen LogP contribution >= 0.6 is 27.5 Å². The van der Waals surface area contributed by atoms with Gasteiger partial charge in [0.25, 0.3) is 0 Å². The molecule has 7 heteroatoms. The minimum Gasteiger partial charge on any atom is -0.464 e. The highest BCUT2D eigenvalue weighted by molar-refractivity contribution is 9.09. The van der Waals surface area contributed by atoms with E-state index in [1.54, 1.807) is 24.4 Å². The van der Waals surface area contributed by atoms with Crippen LogP contribution in [0.2, 0.25) is 5.02 Å². The van der Waals surface area contributed by atoms with Crippen LogP contribution in [0, 0.1) is 0 Å². The van der Waals surface area contributed by atoms with Gasteiger partial charge in [0.05, 0.1) is 17.8 Å². The number of rotatable bonds is 4. The van der Waals surface area contributed by atoms with Gasteiger partial charge in [-0.1, -0.05) is 27.5 Å². The number of nitrogens with zero attached hydrogens (tertiary/aromatic N) is 3. The van der Waals surface area contributed by atoms with Gasteiger partial charge in [-0.05, 0) is 18.2 Å². The first-order chi connectivity index (χ1) is 9.17. The maximum Gasteiger partial charge on any atom is 0.356 e. The van der Waals surface area contributed by atoms with Crippen molar-refractivity contribution in [3.05, 3.63) is 40.8 Å². The standard InChI is InChI=1S/C12H11BrClN3O2/c1-19-12(18)10-7-8(4-5-13)16-17(10)11-9(14)3-2-6-15-11/h2-3,6-7H,4-5H2,1H3. The Labute approximate surface area is 123 Å². The van der Waals surface area contributed by atoms with Gasteiger partial charge in [0.15, 0.2) is 11.5 Å². The molecule has 0 spiro atoms. The largest absolute Gasteiger partial charge is 0.464 e. The number of carbonyl (C=O) groups excluding carboxylic acids is 1. The Morgan fingerprint density at radius 3 is 3.00 bits per heavy atom. The highest BCUT2D eigenvalue weighted by Crippen LogP contribution is 2.20. The van der Waals surface area contributed by atoms with Gasteiger partial charge in [-0.25, -0.2) is 14.5 Å². The van der Waals surface area contributed by atoms with Crippen LogP contribution in [0.3, 0.4) is 0 Å². The third-order valence-corrected chi connectivity index (χ3v) is 3.14. The fraction of sp³-hybridized carbons (Fsp3) is 0.250. The molecule has 5 nitrogen and oxygen atoms in total. The van der Waals surface area contributed by atoms with Crippen LogP contribution < -0.4 is 0 Å². The lowest BCUT2D eigenvalue weighted by molar-refractivity contribution is 0.0590. The average Bonchev–Trinajstić information content (AvgIpc) is 2.82. The minimum absolute atomic E-state index is 0.305. The van der Waals surface area contributed by atoms with E-state index in [-0.39, 0.29) is 0 Å². The number of esters is 1. The second-order valence-electron chi connectivity index (χ2n) is 3.67. The molecule has 0 saturated heterocycles. The lowest BCUT2D eigenvalue weighted by Crippen LogP contribution is -2.11. The lowest BCUT2D eigenvalue weighted by Gasteiger charge is -2.06. The maximum atomic E-state index is 11.8. The molecule has 2 rings (SSSR count). The van der Waals surface area contributed by atoms with Crippen molar-refractivity contribution in [1.82, 2.24) is 14.8 Å². The summed E-state index contributed by atoms with van der Waals surface area (Å²) in [5, 5.41) is 5.51. The van der Waals surface area contributed by atoms with Crippen molar-refractivity contribution in [2.45, 2.75) is 6.42 Å². The van der Waals surface area contributed by atoms with E-state index in [4.69, 9.17) is 16.3 Å². The van der Waals surface area contributed by atoms with Crippen molar-refractivity contribution in [2.75, 3.05) is 12.4 Å². The van der Waals surface area contributed by atoms with Crippen molar-refractivity contribution in [3.63, 3.8) is 0 Å². The van der Waals surface area contributed by atoms with E-state index in [9.17, 15) is 4.79 Å². The first-order valence-corrected chi connectivity index (χ1v) is 7.01. The number of alkyl halides is 1. The molecule has 0 atom stereocenters. The number of pyridine rings is 1. The summed E-state index contributed by atoms with van der Waals surface area (Å²) in [6.07, 6.45) is 2.29. The molecule has 19 heavy (non-hydrogen) atoms. The minimum atomic E-state index is -0.477. The zero-order valence-electron chi connectivity index (χ0n) is 10.1. The maximum absolute atomic E-state index is 11.8. The highest BCUT2D eigenvalue weighted by atomic mass is 79.9. The van der Waals surface area contributed by atoms with Crippen molar-refractivity contribution in [2.24, 2.45) is 0 Å². The molecular weight excluding hydrogens is 334 g/mol. The number of aromatic nitrogens is 3. The Balaban J connectivity index is 2.54. The molecule has 0 aromatic carbocycles. The van der Waals surface area contributed by atoms with Gasteiger partial charge >= 0.3 is 5.97 Å². The number of carbonyl (C=O) groups is 1. The van der Waals surface area contributed by atoms with Gasteiger partial charge in [0.2, 0.25) is 0 Å². The molecule has 0 aliphatic carbocycles. The lowest BCUT2D eigenvalue weighted by atomic mass is 10.3. The summed E-state index contributed by atoms with van der Waals surface area (Å²) in [5.41, 5.74) is 1.07. The van der Waals surface area contributed by atoms with Crippen LogP contribution in [0.15, 0.2) is 24.4 Å². The quantitative estimate of drug-likeness (QED) is 0.632. The number of methoxy groups -OCH3 is 1. The van der Waals surface area contributed by atoms with Crippen LogP contribution in [-0.2, 0) is 11.2 Å². The second kappa shape index (κ2) is 6.16. The number of hydrogen-bond acceptors (Lipinski definition) is 4. The molecule has 0 fully saturated rings. The number of ether oxygens (including phenoxy) is 1. The molecule has 0 bridgehead atoms. The van der Waals surface area contributed by atoms with Crippen LogP contribution in [-0.4, -0.2) is 33.2 Å². The van der Waals surface area contributed by atoms with E-state index in [0.717, 1.165) is 11.0 Å². The molecule has 0 radical (unpaired) electrons. The summed E-state index contributed by atoms with van der Waals surface area (Å²) >= 11 is 9.42. The highest BCUT2D eigenvalue weighted by Gasteiger charge is 2.19. The smallest absolute Gasteiger partial charge is 0.356 e. The molecule has 0 N–H and O–H groups in total. The molecule has 2 aromatic rings. The van der Waals surface area contributed by atoms with Gasteiger partial charge in [-0.2, -0.15) is 5.10 Å². The van der Waals surface area contributed by atoms with E-state index in [1.165, 1.54) is 11.8 Å². The Morgan fingerprint density at radius 1 is 1.58 bits per heavy atom. The van der Waals surface area contributed by atoms with Crippen LogP contribution in [0.5, 0.6) is 0 Å². The summed E-state index contributed by atoms with van der Waals surface area (Å²) in [6, 6.07) is 5.08. The number of aryl methyl sites for hydroxylation is 1. The summed E-state index contributed by atoms with van der Waals surface area (Å²) < 4.78 is 6.16. The first-order valence-electron chi connectivity index (χ1n) is 5.51. The Morgan fingerprint density at radius 2 is 2.37 bits per heavy atom. The van der Waals surface area contributed by atoms with Crippen molar-refractivity contribution in [1.29, 1.82) is 0 Å². The third-order valence-electron chi connectivity index (χ3n) is 2.44. The van der Waals surface area contributed by atoms with Crippen LogP contribution in [0.25, 0.3) is 5.82 Å². The van der Waals surface area contributed by atoms with E-state index < -0.39 is 5.97 Å². The summed E-state index contributed by atoms with van der Waals surface area (Å²) in [4.78, 5) is 15.9. The fourth-order valence-electron chi connectivity index (χ4n) is 1.59. The van der Waals surface area contributed by atoms with Crippen molar-refractivity contribution >= 4 is 33.5 Å². The van der Waals surface area contributed by atoms with Crippen LogP contribution in [0.1, 0.15) is 16.2 Å². The van der Waals surface area contributed by atoms with Crippen LogP contribution in [0.4, 0.5) is 0 Å². The molecule has 0 aliphatic heterocycles. The van der Waals surface area contributed by atoms with Gasteiger partial charge in [0.1, 0.15) is 0 Å². The normalized spacial score (nSPS) is 10.5. The molecular formula is C12H11BrClN3O2. The van der Waals surface area contributed by atoms with Gasteiger partial charge in [-0.3, -0.25) is 0 Å². The van der Waals surface area contributed by atoms with Gasteiger partial charge in [0, 0.05) is 17.9 Å². The predicted molar refractivity (Wildman–Crippen MR) is 75.2 cm³/mol. The predicted octanol–water partition coefficient (Wildman–Crippen LogP) is 2.64. The van der Waals surface area contributed by atoms with E-state index in [2.05, 4.69) is 26.0 Å². The van der Waals surface area contributed by atoms with Crippen molar-refractivity contribution < 1.29 is 9.53 Å². The summed E-state index contributed by atoms with van der Waals surface area (Å²) in [5.74, 6) is -0.0690. The summed E-state index contributed by atoms with van der Waals surface area (Å²) in [6.45, 7) is 0.